The summed E-state index contributed by atoms with van der Waals surface area (Å²) >= 11 is 0. The van der Waals surface area contributed by atoms with Crippen molar-refractivity contribution in [1.82, 2.24) is 0 Å². The zero-order valence-corrected chi connectivity index (χ0v) is 25.0. The van der Waals surface area contributed by atoms with Gasteiger partial charge in [-0.1, -0.05) is 48.5 Å². The van der Waals surface area contributed by atoms with E-state index in [1.807, 2.05) is 0 Å². The second-order valence-corrected chi connectivity index (χ2v) is 11.0. The molecule has 4 nitrogen and oxygen atoms in total. The van der Waals surface area contributed by atoms with Crippen LogP contribution in [0.2, 0.25) is 0 Å². The fraction of sp³-hybridized carbons (Fsp3) is 0.294. The summed E-state index contributed by atoms with van der Waals surface area (Å²) in [4.78, 5) is 0. The Kier molecular flexibility index (Phi) is 9.87. The number of phenolic OH excluding ortho intramolecular Hbond substituents is 4. The smallest absolute Gasteiger partial charge is 0.399 e. The maximum atomic E-state index is 13.7. The Morgan fingerprint density at radius 3 is 0.909 bits per heavy atom. The van der Waals surface area contributed by atoms with Crippen LogP contribution < -0.4 is 0 Å². The van der Waals surface area contributed by atoms with E-state index in [-0.39, 0.29) is 45.3 Å². The molecule has 0 amide bonds. The van der Waals surface area contributed by atoms with Gasteiger partial charge in [0.25, 0.3) is 0 Å². The molecule has 0 saturated heterocycles. The van der Waals surface area contributed by atoms with Gasteiger partial charge in [-0.2, -0.15) is 26.3 Å². The highest BCUT2D eigenvalue weighted by molar-refractivity contribution is 5.50. The zero-order chi connectivity index (χ0) is 33.3. The highest BCUT2D eigenvalue weighted by atomic mass is 19.4. The van der Waals surface area contributed by atoms with Crippen LogP contribution in [0.1, 0.15) is 67.5 Å². The van der Waals surface area contributed by atoms with Gasteiger partial charge in [0.15, 0.2) is 0 Å². The molecule has 44 heavy (non-hydrogen) atoms. The lowest BCUT2D eigenvalue weighted by atomic mass is 9.86. The first kappa shape index (κ1) is 34.2. The number of benzene rings is 4. The zero-order valence-electron chi connectivity index (χ0n) is 25.0. The number of aromatic hydroxyl groups is 4. The number of aryl methyl sites for hydroxylation is 6. The third-order valence-electron chi connectivity index (χ3n) is 7.46. The normalized spacial score (nSPS) is 12.0. The topological polar surface area (TPSA) is 80.9 Å². The maximum absolute atomic E-state index is 13.7. The molecule has 0 atom stereocenters. The van der Waals surface area contributed by atoms with Gasteiger partial charge in [0.2, 0.25) is 0 Å². The van der Waals surface area contributed by atoms with Gasteiger partial charge in [-0.05, 0) is 109 Å². The van der Waals surface area contributed by atoms with Crippen LogP contribution in [0.3, 0.4) is 0 Å². The van der Waals surface area contributed by atoms with Crippen LogP contribution in [-0.2, 0) is 0 Å². The molecule has 236 valence electrons. The first-order valence-electron chi connectivity index (χ1n) is 13.5. The summed E-state index contributed by atoms with van der Waals surface area (Å²) < 4.78 is 81.4. The van der Waals surface area contributed by atoms with E-state index in [1.54, 1.807) is 41.5 Å². The van der Waals surface area contributed by atoms with E-state index < -0.39 is 24.2 Å². The molecule has 0 saturated carbocycles. The lowest BCUT2D eigenvalue weighted by molar-refractivity contribution is -0.142. The molecule has 0 spiro atoms. The Hall–Kier alpha value is -4.34. The summed E-state index contributed by atoms with van der Waals surface area (Å²) in [5.74, 6) is -3.67. The van der Waals surface area contributed by atoms with Crippen molar-refractivity contribution in [2.45, 2.75) is 65.7 Å². The second kappa shape index (κ2) is 12.7. The Bertz CT molecular complexity index is 1500. The first-order valence-corrected chi connectivity index (χ1v) is 13.5. The molecule has 4 aromatic rings. The van der Waals surface area contributed by atoms with Crippen LogP contribution in [0.5, 0.6) is 23.0 Å². The SMILES string of the molecule is Cc1cc(C(c2cc(C)c(O)c(C)c2)C(F)(F)F)cc(C)c1O.Cc1cc(C(c2ccc(O)c(C)c2)C(F)(F)F)ccc1O. The number of hydrogen-bond acceptors (Lipinski definition) is 4. The third kappa shape index (κ3) is 7.59. The minimum atomic E-state index is -4.48. The van der Waals surface area contributed by atoms with Crippen LogP contribution in [0.15, 0.2) is 60.7 Å². The quantitative estimate of drug-likeness (QED) is 0.171. The lowest BCUT2D eigenvalue weighted by Gasteiger charge is -2.23. The highest BCUT2D eigenvalue weighted by Gasteiger charge is 2.43. The number of alkyl halides is 6. The van der Waals surface area contributed by atoms with Crippen molar-refractivity contribution in [3.63, 3.8) is 0 Å². The summed E-state index contributed by atoms with van der Waals surface area (Å²) in [6.45, 7) is 9.40. The Labute approximate surface area is 251 Å². The van der Waals surface area contributed by atoms with Gasteiger partial charge in [0.1, 0.15) is 34.8 Å². The van der Waals surface area contributed by atoms with Crippen molar-refractivity contribution >= 4 is 0 Å². The van der Waals surface area contributed by atoms with E-state index in [4.69, 9.17) is 0 Å². The van der Waals surface area contributed by atoms with Crippen LogP contribution in [-0.4, -0.2) is 32.8 Å². The first-order chi connectivity index (χ1) is 20.2. The van der Waals surface area contributed by atoms with Gasteiger partial charge >= 0.3 is 12.4 Å². The minimum absolute atomic E-state index is 0.00717. The predicted molar refractivity (Wildman–Crippen MR) is 157 cm³/mol. The Morgan fingerprint density at radius 2 is 0.659 bits per heavy atom. The van der Waals surface area contributed by atoms with Gasteiger partial charge in [0, 0.05) is 0 Å². The monoisotopic (exact) mass is 620 g/mol. The van der Waals surface area contributed by atoms with Gasteiger partial charge in [0.05, 0.1) is 0 Å². The molecular weight excluding hydrogens is 586 g/mol. The molecule has 0 aliphatic carbocycles. The van der Waals surface area contributed by atoms with Crippen LogP contribution in [0.4, 0.5) is 26.3 Å². The summed E-state index contributed by atoms with van der Waals surface area (Å²) in [6.07, 6.45) is -8.95. The van der Waals surface area contributed by atoms with Gasteiger partial charge in [-0.3, -0.25) is 0 Å². The molecule has 10 heteroatoms. The molecule has 0 aliphatic rings. The number of hydrogen-bond donors (Lipinski definition) is 4. The molecule has 0 fully saturated rings. The van der Waals surface area contributed by atoms with Crippen molar-refractivity contribution in [2.75, 3.05) is 0 Å². The van der Waals surface area contributed by atoms with E-state index in [1.165, 1.54) is 60.7 Å². The van der Waals surface area contributed by atoms with Crippen molar-refractivity contribution in [3.05, 3.63) is 116 Å². The minimum Gasteiger partial charge on any atom is -0.508 e. The summed E-state index contributed by atoms with van der Waals surface area (Å²) in [6, 6.07) is 13.1. The second-order valence-electron chi connectivity index (χ2n) is 11.0. The average molecular weight is 621 g/mol. The Morgan fingerprint density at radius 1 is 0.409 bits per heavy atom. The summed E-state index contributed by atoms with van der Waals surface area (Å²) in [7, 11) is 0. The molecule has 0 heterocycles. The van der Waals surface area contributed by atoms with E-state index in [0.29, 0.717) is 33.4 Å². The third-order valence-corrected chi connectivity index (χ3v) is 7.46. The van der Waals surface area contributed by atoms with E-state index in [9.17, 15) is 46.8 Å². The molecule has 4 aromatic carbocycles. The van der Waals surface area contributed by atoms with Crippen LogP contribution >= 0.6 is 0 Å². The van der Waals surface area contributed by atoms with Gasteiger partial charge < -0.3 is 20.4 Å². The lowest BCUT2D eigenvalue weighted by Crippen LogP contribution is -2.22. The average Bonchev–Trinajstić information content (AvgIpc) is 2.89. The molecule has 0 bridgehead atoms. The highest BCUT2D eigenvalue weighted by Crippen LogP contribution is 2.44. The van der Waals surface area contributed by atoms with Crippen molar-refractivity contribution in [1.29, 1.82) is 0 Å². The van der Waals surface area contributed by atoms with Gasteiger partial charge in [-0.15, -0.1) is 0 Å². The molecule has 4 N–H and O–H groups in total. The van der Waals surface area contributed by atoms with Crippen molar-refractivity contribution < 1.29 is 46.8 Å². The summed E-state index contributed by atoms with van der Waals surface area (Å²) in [5.41, 5.74) is 2.66. The van der Waals surface area contributed by atoms with Crippen LogP contribution in [0.25, 0.3) is 0 Å². The van der Waals surface area contributed by atoms with Crippen molar-refractivity contribution in [2.24, 2.45) is 0 Å². The van der Waals surface area contributed by atoms with E-state index >= 15 is 0 Å². The van der Waals surface area contributed by atoms with E-state index in [2.05, 4.69) is 0 Å². The molecule has 0 radical (unpaired) electrons. The van der Waals surface area contributed by atoms with Crippen LogP contribution in [0, 0.1) is 41.5 Å². The van der Waals surface area contributed by atoms with Crippen molar-refractivity contribution in [3.8, 4) is 23.0 Å². The molecular formula is C34H34F6O4. The number of rotatable bonds is 4. The summed E-state index contributed by atoms with van der Waals surface area (Å²) in [5, 5.41) is 38.5. The molecule has 0 aliphatic heterocycles. The Balaban J connectivity index is 0.000000241. The fourth-order valence-electron chi connectivity index (χ4n) is 5.17. The van der Waals surface area contributed by atoms with Gasteiger partial charge in [-0.25, -0.2) is 0 Å². The molecule has 4 rings (SSSR count). The number of halogens is 6. The predicted octanol–water partition coefficient (Wildman–Crippen LogP) is 9.43. The standard InChI is InChI=1S/C18H19F3O2.C16H15F3O2/c1-9-5-13(6-10(2)16(9)22)15(18(19,20)21)14-7-11(3)17(23)12(4)8-14;1-9-7-11(3-5-13(9)20)15(16(17,18)19)12-4-6-14(21)10(2)8-12/h5-8,15,22-23H,1-4H3;3-8,15,20-21H,1-2H3. The van der Waals surface area contributed by atoms with E-state index in [0.717, 1.165) is 0 Å². The molecule has 0 unspecified atom stereocenters. The maximum Gasteiger partial charge on any atom is 0.399 e. The number of phenols is 4. The fourth-order valence-corrected chi connectivity index (χ4v) is 5.17. The largest absolute Gasteiger partial charge is 0.508 e. The molecule has 0 aromatic heterocycles.